The largest absolute Gasteiger partial charge is 0.380 e. The van der Waals surface area contributed by atoms with Gasteiger partial charge in [0, 0.05) is 30.2 Å². The standard InChI is InChI=1S/C14H21BrN2O3S/c1-2-20-8-7-17-21(18,19)14-6-3-11(9-13(14)15)10-16-12-4-5-12/h3,6,9,12,16-17H,2,4-5,7-8,10H2,1H3. The molecular formula is C14H21BrN2O3S. The van der Waals surface area contributed by atoms with Crippen molar-refractivity contribution in [2.24, 2.45) is 0 Å². The average molecular weight is 377 g/mol. The molecule has 118 valence electrons. The lowest BCUT2D eigenvalue weighted by Crippen LogP contribution is -2.27. The Morgan fingerprint density at radius 1 is 1.38 bits per heavy atom. The second-order valence-electron chi connectivity index (χ2n) is 5.01. The molecule has 2 rings (SSSR count). The normalized spacial score (nSPS) is 15.3. The fourth-order valence-electron chi connectivity index (χ4n) is 1.89. The van der Waals surface area contributed by atoms with Crippen LogP contribution in [0.4, 0.5) is 0 Å². The van der Waals surface area contributed by atoms with E-state index in [9.17, 15) is 8.42 Å². The summed E-state index contributed by atoms with van der Waals surface area (Å²) in [5.41, 5.74) is 1.07. The van der Waals surface area contributed by atoms with Gasteiger partial charge in [0.05, 0.1) is 11.5 Å². The van der Waals surface area contributed by atoms with Crippen molar-refractivity contribution in [3.8, 4) is 0 Å². The van der Waals surface area contributed by atoms with Crippen LogP contribution < -0.4 is 10.0 Å². The highest BCUT2D eigenvalue weighted by molar-refractivity contribution is 9.10. The van der Waals surface area contributed by atoms with Crippen molar-refractivity contribution >= 4 is 26.0 Å². The number of halogens is 1. The zero-order valence-corrected chi connectivity index (χ0v) is 14.5. The summed E-state index contributed by atoms with van der Waals surface area (Å²) in [6.45, 7) is 3.86. The van der Waals surface area contributed by atoms with Crippen LogP contribution in [0.5, 0.6) is 0 Å². The number of sulfonamides is 1. The molecule has 1 aliphatic rings. The van der Waals surface area contributed by atoms with Gasteiger partial charge in [-0.05, 0) is 53.4 Å². The van der Waals surface area contributed by atoms with Gasteiger partial charge in [0.2, 0.25) is 10.0 Å². The summed E-state index contributed by atoms with van der Waals surface area (Å²) in [6.07, 6.45) is 2.47. The van der Waals surface area contributed by atoms with Crippen molar-refractivity contribution in [1.82, 2.24) is 10.0 Å². The summed E-state index contributed by atoms with van der Waals surface area (Å²) in [6, 6.07) is 5.97. The molecule has 21 heavy (non-hydrogen) atoms. The van der Waals surface area contributed by atoms with E-state index >= 15 is 0 Å². The molecule has 0 atom stereocenters. The molecule has 5 nitrogen and oxygen atoms in total. The minimum Gasteiger partial charge on any atom is -0.380 e. The smallest absolute Gasteiger partial charge is 0.241 e. The van der Waals surface area contributed by atoms with Crippen LogP contribution in [-0.2, 0) is 21.3 Å². The molecule has 0 amide bonds. The number of nitrogens with one attached hydrogen (secondary N) is 2. The third-order valence-corrected chi connectivity index (χ3v) is 5.64. The first-order chi connectivity index (χ1) is 10.0. The number of hydrogen-bond acceptors (Lipinski definition) is 4. The molecule has 0 bridgehead atoms. The molecular weight excluding hydrogens is 356 g/mol. The van der Waals surface area contributed by atoms with Crippen LogP contribution in [0.3, 0.4) is 0 Å². The highest BCUT2D eigenvalue weighted by Gasteiger charge is 2.21. The van der Waals surface area contributed by atoms with Gasteiger partial charge in [0.1, 0.15) is 0 Å². The van der Waals surface area contributed by atoms with E-state index in [0.29, 0.717) is 23.7 Å². The molecule has 0 aromatic heterocycles. The quantitative estimate of drug-likeness (QED) is 0.647. The molecule has 7 heteroatoms. The first-order valence-electron chi connectivity index (χ1n) is 7.12. The molecule has 1 aromatic rings. The first-order valence-corrected chi connectivity index (χ1v) is 9.40. The topological polar surface area (TPSA) is 67.4 Å². The van der Waals surface area contributed by atoms with Gasteiger partial charge in [0.25, 0.3) is 0 Å². The Hall–Kier alpha value is -0.470. The lowest BCUT2D eigenvalue weighted by molar-refractivity contribution is 0.153. The summed E-state index contributed by atoms with van der Waals surface area (Å²) >= 11 is 3.35. The zero-order chi connectivity index (χ0) is 15.3. The number of ether oxygens (including phenoxy) is 1. The van der Waals surface area contributed by atoms with Gasteiger partial charge in [0.15, 0.2) is 0 Å². The number of benzene rings is 1. The van der Waals surface area contributed by atoms with Crippen molar-refractivity contribution in [3.63, 3.8) is 0 Å². The SMILES string of the molecule is CCOCCNS(=O)(=O)c1ccc(CNC2CC2)cc1Br. The maximum absolute atomic E-state index is 12.2. The zero-order valence-electron chi connectivity index (χ0n) is 12.1. The van der Waals surface area contributed by atoms with E-state index < -0.39 is 10.0 Å². The van der Waals surface area contributed by atoms with Gasteiger partial charge in [-0.3, -0.25) is 0 Å². The van der Waals surface area contributed by atoms with E-state index in [-0.39, 0.29) is 11.4 Å². The Bertz CT molecular complexity index is 574. The Kier molecular flexibility index (Phi) is 6.19. The van der Waals surface area contributed by atoms with E-state index in [1.807, 2.05) is 19.1 Å². The molecule has 0 radical (unpaired) electrons. The summed E-state index contributed by atoms with van der Waals surface area (Å²) in [5, 5.41) is 3.40. The minimum atomic E-state index is -3.50. The van der Waals surface area contributed by atoms with Crippen molar-refractivity contribution < 1.29 is 13.2 Å². The summed E-state index contributed by atoms with van der Waals surface area (Å²) < 4.78 is 32.6. The Labute approximate surface area is 134 Å². The van der Waals surface area contributed by atoms with E-state index in [1.165, 1.54) is 12.8 Å². The van der Waals surface area contributed by atoms with E-state index in [4.69, 9.17) is 4.74 Å². The van der Waals surface area contributed by atoms with Crippen LogP contribution in [0.2, 0.25) is 0 Å². The predicted octanol–water partition coefficient (Wildman–Crippen LogP) is 2.02. The van der Waals surface area contributed by atoms with Crippen LogP contribution in [0.15, 0.2) is 27.6 Å². The van der Waals surface area contributed by atoms with Crippen molar-refractivity contribution in [1.29, 1.82) is 0 Å². The second kappa shape index (κ2) is 7.69. The number of hydrogen-bond donors (Lipinski definition) is 2. The molecule has 1 fully saturated rings. The maximum Gasteiger partial charge on any atom is 0.241 e. The van der Waals surface area contributed by atoms with Crippen molar-refractivity contribution in [3.05, 3.63) is 28.2 Å². The van der Waals surface area contributed by atoms with Gasteiger partial charge in [-0.25, -0.2) is 13.1 Å². The van der Waals surface area contributed by atoms with Gasteiger partial charge < -0.3 is 10.1 Å². The van der Waals surface area contributed by atoms with Crippen LogP contribution in [-0.4, -0.2) is 34.2 Å². The fraction of sp³-hybridized carbons (Fsp3) is 0.571. The third kappa shape index (κ3) is 5.34. The third-order valence-electron chi connectivity index (χ3n) is 3.20. The Balaban J connectivity index is 1.97. The van der Waals surface area contributed by atoms with Crippen LogP contribution in [0.25, 0.3) is 0 Å². The van der Waals surface area contributed by atoms with E-state index in [1.54, 1.807) is 6.07 Å². The lowest BCUT2D eigenvalue weighted by Gasteiger charge is -2.10. The monoisotopic (exact) mass is 376 g/mol. The molecule has 0 unspecified atom stereocenters. The van der Waals surface area contributed by atoms with Gasteiger partial charge in [-0.1, -0.05) is 6.07 Å². The number of rotatable bonds is 9. The van der Waals surface area contributed by atoms with Crippen LogP contribution in [0, 0.1) is 0 Å². The molecule has 1 aliphatic carbocycles. The second-order valence-corrected chi connectivity index (χ2v) is 7.60. The average Bonchev–Trinajstić information content (AvgIpc) is 3.25. The summed E-state index contributed by atoms with van der Waals surface area (Å²) in [5.74, 6) is 0. The van der Waals surface area contributed by atoms with Gasteiger partial charge in [-0.2, -0.15) is 0 Å². The Morgan fingerprint density at radius 3 is 2.76 bits per heavy atom. The molecule has 1 aromatic carbocycles. The molecule has 0 spiro atoms. The summed E-state index contributed by atoms with van der Waals surface area (Å²) in [4.78, 5) is 0.258. The maximum atomic E-state index is 12.2. The van der Waals surface area contributed by atoms with Gasteiger partial charge in [-0.15, -0.1) is 0 Å². The van der Waals surface area contributed by atoms with Crippen LogP contribution in [0.1, 0.15) is 25.3 Å². The van der Waals surface area contributed by atoms with E-state index in [0.717, 1.165) is 12.1 Å². The van der Waals surface area contributed by atoms with Gasteiger partial charge >= 0.3 is 0 Å². The Morgan fingerprint density at radius 2 is 2.14 bits per heavy atom. The van der Waals surface area contributed by atoms with Crippen molar-refractivity contribution in [2.75, 3.05) is 19.8 Å². The minimum absolute atomic E-state index is 0.258. The molecule has 2 N–H and O–H groups in total. The molecule has 0 saturated heterocycles. The van der Waals surface area contributed by atoms with Crippen molar-refractivity contribution in [2.45, 2.75) is 37.2 Å². The fourth-order valence-corrected chi connectivity index (χ4v) is 4.03. The first kappa shape index (κ1) is 16.9. The molecule has 1 saturated carbocycles. The summed E-state index contributed by atoms with van der Waals surface area (Å²) in [7, 11) is -3.50. The molecule has 0 aliphatic heterocycles. The predicted molar refractivity (Wildman–Crippen MR) is 85.7 cm³/mol. The van der Waals surface area contributed by atoms with Crippen LogP contribution >= 0.6 is 15.9 Å². The molecule has 0 heterocycles. The highest BCUT2D eigenvalue weighted by atomic mass is 79.9. The van der Waals surface area contributed by atoms with E-state index in [2.05, 4.69) is 26.0 Å². The highest BCUT2D eigenvalue weighted by Crippen LogP contribution is 2.24. The lowest BCUT2D eigenvalue weighted by atomic mass is 10.2.